The van der Waals surface area contributed by atoms with E-state index in [-0.39, 0.29) is 5.91 Å². The lowest BCUT2D eigenvalue weighted by molar-refractivity contribution is 0.0945. The molecule has 1 N–H and O–H groups in total. The molecule has 1 amide bonds. The summed E-state index contributed by atoms with van der Waals surface area (Å²) in [7, 11) is 1.87. The van der Waals surface area contributed by atoms with E-state index in [4.69, 9.17) is 4.42 Å². The summed E-state index contributed by atoms with van der Waals surface area (Å²) in [6.45, 7) is 2.82. The average molecular weight is 220 g/mol. The van der Waals surface area contributed by atoms with Gasteiger partial charge in [-0.2, -0.15) is 0 Å². The summed E-state index contributed by atoms with van der Waals surface area (Å²) in [4.78, 5) is 11.8. The van der Waals surface area contributed by atoms with Crippen molar-refractivity contribution < 1.29 is 9.21 Å². The van der Waals surface area contributed by atoms with Gasteiger partial charge in [0.25, 0.3) is 5.91 Å². The number of carbonyl (C=O) groups excluding carboxylic acids is 1. The number of aromatic nitrogens is 1. The molecule has 0 aliphatic carbocycles. The third-order valence-corrected chi connectivity index (χ3v) is 2.71. The quantitative estimate of drug-likeness (QED) is 0.804. The van der Waals surface area contributed by atoms with Crippen LogP contribution in [0, 0.1) is 0 Å². The molecule has 16 heavy (non-hydrogen) atoms. The first-order valence-electron chi connectivity index (χ1n) is 5.55. The molecule has 2 rings (SSSR count). The van der Waals surface area contributed by atoms with Crippen molar-refractivity contribution in [2.45, 2.75) is 19.8 Å². The Kier molecular flexibility index (Phi) is 2.99. The van der Waals surface area contributed by atoms with Crippen LogP contribution in [0.4, 0.5) is 0 Å². The van der Waals surface area contributed by atoms with Crippen LogP contribution in [0.25, 0.3) is 11.1 Å². The van der Waals surface area contributed by atoms with Gasteiger partial charge in [0.15, 0.2) is 5.58 Å². The fraction of sp³-hybridized carbons (Fsp3) is 0.417. The Morgan fingerprint density at radius 1 is 1.56 bits per heavy atom. The molecule has 0 fully saturated rings. The topological polar surface area (TPSA) is 47.2 Å². The summed E-state index contributed by atoms with van der Waals surface area (Å²) in [5.41, 5.74) is 2.34. The smallest absolute Gasteiger partial charge is 0.268 e. The third-order valence-electron chi connectivity index (χ3n) is 2.71. The first-order valence-corrected chi connectivity index (χ1v) is 5.55. The molecule has 86 valence electrons. The summed E-state index contributed by atoms with van der Waals surface area (Å²) >= 11 is 0. The first kappa shape index (κ1) is 10.8. The highest BCUT2D eigenvalue weighted by molar-refractivity contribution is 5.97. The highest BCUT2D eigenvalue weighted by Crippen LogP contribution is 2.19. The number of nitrogens with zero attached hydrogens (tertiary/aromatic N) is 1. The lowest BCUT2D eigenvalue weighted by Crippen LogP contribution is -2.26. The number of hydrogen-bond donors (Lipinski definition) is 1. The highest BCUT2D eigenvalue weighted by atomic mass is 16.3. The van der Waals surface area contributed by atoms with Crippen molar-refractivity contribution >= 4 is 17.0 Å². The first-order chi connectivity index (χ1) is 7.74. The van der Waals surface area contributed by atoms with Crippen molar-refractivity contribution in [2.75, 3.05) is 6.54 Å². The Morgan fingerprint density at radius 2 is 2.38 bits per heavy atom. The number of rotatable bonds is 4. The van der Waals surface area contributed by atoms with Crippen LogP contribution in [0.3, 0.4) is 0 Å². The minimum atomic E-state index is -0.0395. The number of carbonyl (C=O) groups is 1. The lowest BCUT2D eigenvalue weighted by Gasteiger charge is -2.04. The van der Waals surface area contributed by atoms with Crippen molar-refractivity contribution in [3.8, 4) is 0 Å². The summed E-state index contributed by atoms with van der Waals surface area (Å²) in [5.74, 6) is -0.0395. The molecule has 2 heterocycles. The van der Waals surface area contributed by atoms with E-state index in [2.05, 4.69) is 12.2 Å². The highest BCUT2D eigenvalue weighted by Gasteiger charge is 2.14. The molecule has 0 saturated carbocycles. The van der Waals surface area contributed by atoms with Crippen LogP contribution in [-0.4, -0.2) is 17.0 Å². The van der Waals surface area contributed by atoms with Gasteiger partial charge in [0, 0.05) is 25.7 Å². The number of amides is 1. The molecule has 2 aromatic rings. The molecule has 0 atom stereocenters. The van der Waals surface area contributed by atoms with Gasteiger partial charge in [0.05, 0.1) is 11.8 Å². The Bertz CT molecular complexity index is 496. The minimum absolute atomic E-state index is 0.0395. The third kappa shape index (κ3) is 1.83. The molecule has 2 aromatic heterocycles. The van der Waals surface area contributed by atoms with Gasteiger partial charge in [-0.3, -0.25) is 4.79 Å². The second kappa shape index (κ2) is 4.43. The van der Waals surface area contributed by atoms with Gasteiger partial charge in [0.2, 0.25) is 0 Å². The minimum Gasteiger partial charge on any atom is -0.463 e. The molecule has 0 radical (unpaired) electrons. The monoisotopic (exact) mass is 220 g/mol. The zero-order valence-electron chi connectivity index (χ0n) is 9.62. The Hall–Kier alpha value is -1.71. The largest absolute Gasteiger partial charge is 0.463 e. The van der Waals surface area contributed by atoms with E-state index in [9.17, 15) is 4.79 Å². The van der Waals surface area contributed by atoms with Crippen LogP contribution in [0.5, 0.6) is 0 Å². The van der Waals surface area contributed by atoms with E-state index in [1.54, 1.807) is 12.3 Å². The molecule has 0 bridgehead atoms. The van der Waals surface area contributed by atoms with Gasteiger partial charge in [-0.1, -0.05) is 13.3 Å². The molecule has 0 aliphatic heterocycles. The summed E-state index contributed by atoms with van der Waals surface area (Å²) in [6.07, 6.45) is 3.71. The van der Waals surface area contributed by atoms with Crippen LogP contribution in [0.1, 0.15) is 30.3 Å². The predicted octanol–water partition coefficient (Wildman–Crippen LogP) is 2.30. The lowest BCUT2D eigenvalue weighted by atomic mass is 10.3. The van der Waals surface area contributed by atoms with Crippen molar-refractivity contribution in [3.05, 3.63) is 24.1 Å². The molecule has 0 saturated heterocycles. The number of fused-ring (bicyclic) bond motifs is 1. The van der Waals surface area contributed by atoms with Crippen LogP contribution in [-0.2, 0) is 7.05 Å². The molecular weight excluding hydrogens is 204 g/mol. The zero-order chi connectivity index (χ0) is 11.5. The molecule has 0 aliphatic rings. The van der Waals surface area contributed by atoms with E-state index < -0.39 is 0 Å². The molecule has 4 heteroatoms. The molecular formula is C12H16N2O2. The fourth-order valence-electron chi connectivity index (χ4n) is 1.74. The van der Waals surface area contributed by atoms with Crippen molar-refractivity contribution in [1.29, 1.82) is 0 Å². The number of aryl methyl sites for hydroxylation is 1. The van der Waals surface area contributed by atoms with Crippen LogP contribution >= 0.6 is 0 Å². The average Bonchev–Trinajstić information content (AvgIpc) is 2.82. The van der Waals surface area contributed by atoms with E-state index in [0.29, 0.717) is 5.69 Å². The summed E-state index contributed by atoms with van der Waals surface area (Å²) < 4.78 is 7.10. The van der Waals surface area contributed by atoms with Gasteiger partial charge in [0.1, 0.15) is 5.69 Å². The van der Waals surface area contributed by atoms with Crippen LogP contribution in [0.15, 0.2) is 22.8 Å². The van der Waals surface area contributed by atoms with E-state index in [1.165, 1.54) is 0 Å². The van der Waals surface area contributed by atoms with Crippen molar-refractivity contribution in [2.24, 2.45) is 7.05 Å². The SMILES string of the molecule is CCCCNC(=O)c1cc2occc2n1C. The van der Waals surface area contributed by atoms with Gasteiger partial charge in [-0.25, -0.2) is 0 Å². The van der Waals surface area contributed by atoms with E-state index in [0.717, 1.165) is 30.5 Å². The normalized spacial score (nSPS) is 10.9. The maximum absolute atomic E-state index is 11.8. The second-order valence-electron chi connectivity index (χ2n) is 3.87. The predicted molar refractivity (Wildman–Crippen MR) is 62.4 cm³/mol. The van der Waals surface area contributed by atoms with Crippen LogP contribution in [0.2, 0.25) is 0 Å². The Morgan fingerprint density at radius 3 is 3.06 bits per heavy atom. The second-order valence-corrected chi connectivity index (χ2v) is 3.87. The van der Waals surface area contributed by atoms with Gasteiger partial charge >= 0.3 is 0 Å². The zero-order valence-corrected chi connectivity index (χ0v) is 9.62. The molecule has 4 nitrogen and oxygen atoms in total. The molecule has 0 aromatic carbocycles. The van der Waals surface area contributed by atoms with Gasteiger partial charge < -0.3 is 14.3 Å². The number of nitrogens with one attached hydrogen (secondary N) is 1. The maximum atomic E-state index is 11.8. The van der Waals surface area contributed by atoms with Crippen molar-refractivity contribution in [1.82, 2.24) is 9.88 Å². The van der Waals surface area contributed by atoms with E-state index in [1.807, 2.05) is 17.7 Å². The van der Waals surface area contributed by atoms with E-state index >= 15 is 0 Å². The summed E-state index contributed by atoms with van der Waals surface area (Å²) in [6, 6.07) is 3.63. The van der Waals surface area contributed by atoms with Crippen molar-refractivity contribution in [3.63, 3.8) is 0 Å². The Labute approximate surface area is 94.2 Å². The number of hydrogen-bond acceptors (Lipinski definition) is 2. The summed E-state index contributed by atoms with van der Waals surface area (Å²) in [5, 5.41) is 2.89. The Balaban J connectivity index is 2.16. The van der Waals surface area contributed by atoms with Gasteiger partial charge in [-0.05, 0) is 6.42 Å². The standard InChI is InChI=1S/C12H16N2O2/c1-3-4-6-13-12(15)10-8-11-9(14(10)2)5-7-16-11/h5,7-8H,3-4,6H2,1-2H3,(H,13,15). The maximum Gasteiger partial charge on any atom is 0.268 e. The number of unbranched alkanes of at least 4 members (excludes halogenated alkanes) is 1. The fourth-order valence-corrected chi connectivity index (χ4v) is 1.74. The van der Waals surface area contributed by atoms with Crippen LogP contribution < -0.4 is 5.32 Å². The molecule has 0 spiro atoms. The molecule has 0 unspecified atom stereocenters. The number of furan rings is 1. The van der Waals surface area contributed by atoms with Gasteiger partial charge in [-0.15, -0.1) is 0 Å².